The first-order chi connectivity index (χ1) is 14.5. The summed E-state index contributed by atoms with van der Waals surface area (Å²) < 4.78 is 0. The number of hydrogen-bond donors (Lipinski definition) is 1. The minimum absolute atomic E-state index is 0.0104. The van der Waals surface area contributed by atoms with Crippen molar-refractivity contribution in [3.63, 3.8) is 0 Å². The number of aromatic nitrogens is 1. The third kappa shape index (κ3) is 4.65. The van der Waals surface area contributed by atoms with Crippen LogP contribution in [0.4, 0.5) is 0 Å². The summed E-state index contributed by atoms with van der Waals surface area (Å²) in [6.45, 7) is 2.02. The second-order valence-electron chi connectivity index (χ2n) is 7.65. The van der Waals surface area contributed by atoms with Gasteiger partial charge in [0, 0.05) is 18.5 Å². The average Bonchev–Trinajstić information content (AvgIpc) is 3.60. The predicted octanol–water partition coefficient (Wildman–Crippen LogP) is 4.44. The summed E-state index contributed by atoms with van der Waals surface area (Å²) in [4.78, 5) is 31.9. The fourth-order valence-corrected chi connectivity index (χ4v) is 4.15. The molecule has 0 spiro atoms. The maximum absolute atomic E-state index is 12.8. The Labute approximate surface area is 180 Å². The second-order valence-corrected chi connectivity index (χ2v) is 8.65. The molecule has 0 saturated heterocycles. The minimum Gasteiger partial charge on any atom is -0.349 e. The molecule has 30 heavy (non-hydrogen) atoms. The number of carbonyl (C=O) groups excluding carboxylic acids is 2. The van der Waals surface area contributed by atoms with Crippen LogP contribution in [0, 0.1) is 0 Å². The number of pyridine rings is 1. The van der Waals surface area contributed by atoms with Crippen LogP contribution in [-0.4, -0.2) is 40.5 Å². The molecular formula is C24H25N3O2S. The van der Waals surface area contributed by atoms with Crippen LogP contribution in [-0.2, 0) is 4.79 Å². The maximum atomic E-state index is 12.8. The molecule has 0 unspecified atom stereocenters. The van der Waals surface area contributed by atoms with Gasteiger partial charge in [0.2, 0.25) is 5.91 Å². The van der Waals surface area contributed by atoms with Crippen LogP contribution >= 0.6 is 11.8 Å². The molecule has 1 heterocycles. The molecule has 1 aromatic heterocycles. The van der Waals surface area contributed by atoms with Crippen molar-refractivity contribution in [1.82, 2.24) is 15.2 Å². The van der Waals surface area contributed by atoms with E-state index in [1.54, 1.807) is 11.0 Å². The molecule has 0 radical (unpaired) electrons. The highest BCUT2D eigenvalue weighted by atomic mass is 32.2. The number of para-hydroxylation sites is 1. The number of nitrogens with zero attached hydrogens (tertiary/aromatic N) is 2. The molecule has 5 nitrogen and oxygen atoms in total. The van der Waals surface area contributed by atoms with Crippen molar-refractivity contribution in [1.29, 1.82) is 0 Å². The van der Waals surface area contributed by atoms with E-state index in [1.807, 2.05) is 68.6 Å². The largest absolute Gasteiger partial charge is 0.349 e. The Hall–Kier alpha value is -2.86. The van der Waals surface area contributed by atoms with Crippen LogP contribution in [0.3, 0.4) is 0 Å². The van der Waals surface area contributed by atoms with Crippen molar-refractivity contribution in [2.75, 3.05) is 12.8 Å². The van der Waals surface area contributed by atoms with Gasteiger partial charge < -0.3 is 10.2 Å². The molecular weight excluding hydrogens is 394 g/mol. The molecule has 154 valence electrons. The number of thioether (sulfide) groups is 1. The zero-order valence-electron chi connectivity index (χ0n) is 17.2. The molecule has 2 amide bonds. The van der Waals surface area contributed by atoms with E-state index in [-0.39, 0.29) is 29.7 Å². The maximum Gasteiger partial charge on any atom is 0.252 e. The second kappa shape index (κ2) is 8.88. The zero-order valence-corrected chi connectivity index (χ0v) is 18.0. The van der Waals surface area contributed by atoms with Crippen molar-refractivity contribution in [3.05, 3.63) is 71.8 Å². The van der Waals surface area contributed by atoms with Crippen molar-refractivity contribution in [3.8, 4) is 0 Å². The first kappa shape index (κ1) is 20.4. The van der Waals surface area contributed by atoms with Gasteiger partial charge in [-0.05, 0) is 37.5 Å². The molecule has 1 saturated carbocycles. The van der Waals surface area contributed by atoms with Gasteiger partial charge in [-0.2, -0.15) is 0 Å². The van der Waals surface area contributed by atoms with E-state index < -0.39 is 0 Å². The van der Waals surface area contributed by atoms with Gasteiger partial charge in [0.1, 0.15) is 0 Å². The Morgan fingerprint density at radius 3 is 2.57 bits per heavy atom. The highest BCUT2D eigenvalue weighted by Crippen LogP contribution is 2.27. The molecule has 6 heteroatoms. The van der Waals surface area contributed by atoms with Crippen molar-refractivity contribution >= 4 is 34.5 Å². The van der Waals surface area contributed by atoms with Crippen LogP contribution in [0.15, 0.2) is 65.7 Å². The monoisotopic (exact) mass is 419 g/mol. The smallest absolute Gasteiger partial charge is 0.252 e. The number of benzene rings is 2. The van der Waals surface area contributed by atoms with Crippen LogP contribution < -0.4 is 5.32 Å². The fourth-order valence-electron chi connectivity index (χ4n) is 3.31. The first-order valence-electron chi connectivity index (χ1n) is 10.2. The number of fused-ring (bicyclic) bond motifs is 1. The summed E-state index contributed by atoms with van der Waals surface area (Å²) in [7, 11) is 1.82. The molecule has 0 bridgehead atoms. The summed E-state index contributed by atoms with van der Waals surface area (Å²) in [5, 5.41) is 4.57. The van der Waals surface area contributed by atoms with Gasteiger partial charge in [0.25, 0.3) is 5.91 Å². The first-order valence-corrected chi connectivity index (χ1v) is 11.2. The van der Waals surface area contributed by atoms with E-state index in [1.165, 1.54) is 11.8 Å². The van der Waals surface area contributed by atoms with Crippen LogP contribution in [0.25, 0.3) is 10.9 Å². The number of amides is 2. The fraction of sp³-hybridized carbons (Fsp3) is 0.292. The zero-order chi connectivity index (χ0) is 21.1. The van der Waals surface area contributed by atoms with Crippen molar-refractivity contribution in [2.45, 2.75) is 36.9 Å². The molecule has 0 aliphatic heterocycles. The highest BCUT2D eigenvalue weighted by Gasteiger charge is 2.25. The Morgan fingerprint density at radius 1 is 1.13 bits per heavy atom. The summed E-state index contributed by atoms with van der Waals surface area (Å²) in [6, 6.07) is 19.7. The molecule has 1 fully saturated rings. The molecule has 1 aliphatic rings. The van der Waals surface area contributed by atoms with Gasteiger partial charge in [-0.15, -0.1) is 0 Å². The molecule has 1 atom stereocenters. The number of nitrogens with one attached hydrogen (secondary N) is 1. The standard InChI is InChI=1S/C24H25N3O2S/c1-16(17-8-4-3-5-9-17)27(2)23(28)15-30-22-14-20(24(29)25-18-12-13-18)19-10-6-7-11-21(19)26-22/h3-11,14,16,18H,12-13,15H2,1-2H3,(H,25,29)/t16-/m1/s1. The lowest BCUT2D eigenvalue weighted by atomic mass is 10.1. The Morgan fingerprint density at radius 2 is 1.83 bits per heavy atom. The topological polar surface area (TPSA) is 62.3 Å². The Balaban J connectivity index is 1.49. The van der Waals surface area contributed by atoms with Crippen molar-refractivity contribution in [2.24, 2.45) is 0 Å². The third-order valence-electron chi connectivity index (χ3n) is 5.45. The van der Waals surface area contributed by atoms with E-state index in [9.17, 15) is 9.59 Å². The summed E-state index contributed by atoms with van der Waals surface area (Å²) >= 11 is 1.37. The van der Waals surface area contributed by atoms with Crippen LogP contribution in [0.2, 0.25) is 0 Å². The normalized spacial score (nSPS) is 14.3. The van der Waals surface area contributed by atoms with E-state index in [0.29, 0.717) is 10.6 Å². The van der Waals surface area contributed by atoms with E-state index in [2.05, 4.69) is 10.3 Å². The van der Waals surface area contributed by atoms with Gasteiger partial charge in [0.15, 0.2) is 0 Å². The molecule has 4 rings (SSSR count). The van der Waals surface area contributed by atoms with Gasteiger partial charge in [-0.1, -0.05) is 60.3 Å². The number of hydrogen-bond acceptors (Lipinski definition) is 4. The van der Waals surface area contributed by atoms with Gasteiger partial charge in [0.05, 0.1) is 27.9 Å². The minimum atomic E-state index is -0.0703. The molecule has 1 N–H and O–H groups in total. The van der Waals surface area contributed by atoms with E-state index in [0.717, 1.165) is 29.3 Å². The van der Waals surface area contributed by atoms with Crippen LogP contribution in [0.1, 0.15) is 41.7 Å². The van der Waals surface area contributed by atoms with Crippen LogP contribution in [0.5, 0.6) is 0 Å². The lowest BCUT2D eigenvalue weighted by Gasteiger charge is -2.25. The summed E-state index contributed by atoms with van der Waals surface area (Å²) in [5.74, 6) is 0.220. The number of rotatable bonds is 7. The summed E-state index contributed by atoms with van der Waals surface area (Å²) in [5.41, 5.74) is 2.48. The molecule has 1 aliphatic carbocycles. The Bertz CT molecular complexity index is 1070. The molecule has 2 aromatic carbocycles. The van der Waals surface area contributed by atoms with Crippen molar-refractivity contribution < 1.29 is 9.59 Å². The predicted molar refractivity (Wildman–Crippen MR) is 121 cm³/mol. The average molecular weight is 420 g/mol. The quantitative estimate of drug-likeness (QED) is 0.575. The summed E-state index contributed by atoms with van der Waals surface area (Å²) in [6.07, 6.45) is 2.08. The SMILES string of the molecule is C[C@H](c1ccccc1)N(C)C(=O)CSc1cc(C(=O)NC2CC2)c2ccccc2n1. The molecule has 3 aromatic rings. The Kier molecular flexibility index (Phi) is 6.04. The van der Waals surface area contributed by atoms with Gasteiger partial charge in [-0.3, -0.25) is 9.59 Å². The lowest BCUT2D eigenvalue weighted by molar-refractivity contribution is -0.128. The number of carbonyl (C=O) groups is 2. The lowest BCUT2D eigenvalue weighted by Crippen LogP contribution is -2.31. The van der Waals surface area contributed by atoms with E-state index >= 15 is 0 Å². The third-order valence-corrected chi connectivity index (χ3v) is 6.35. The van der Waals surface area contributed by atoms with E-state index in [4.69, 9.17) is 0 Å². The highest BCUT2D eigenvalue weighted by molar-refractivity contribution is 7.99. The van der Waals surface area contributed by atoms with Gasteiger partial charge in [-0.25, -0.2) is 4.98 Å². The van der Waals surface area contributed by atoms with Gasteiger partial charge >= 0.3 is 0 Å².